The van der Waals surface area contributed by atoms with E-state index in [4.69, 9.17) is 0 Å². The van der Waals surface area contributed by atoms with Crippen molar-refractivity contribution in [1.29, 1.82) is 0 Å². The summed E-state index contributed by atoms with van der Waals surface area (Å²) < 4.78 is 37.3. The maximum atomic E-state index is 12.4. The van der Waals surface area contributed by atoms with Crippen LogP contribution in [-0.4, -0.2) is 12.0 Å². The third-order valence-corrected chi connectivity index (χ3v) is 3.71. The lowest BCUT2D eigenvalue weighted by molar-refractivity contribution is -0.137. The van der Waals surface area contributed by atoms with Crippen molar-refractivity contribution in [1.82, 2.24) is 4.98 Å². The predicted octanol–water partition coefficient (Wildman–Crippen LogP) is 4.18. The fraction of sp³-hybridized carbons (Fsp3) is 0.250. The Balaban J connectivity index is 2.34. The van der Waals surface area contributed by atoms with Crippen LogP contribution in [0.1, 0.15) is 11.3 Å². The highest BCUT2D eigenvalue weighted by atomic mass is 32.1. The summed E-state index contributed by atoms with van der Waals surface area (Å²) in [5, 5.41) is 4.63. The Morgan fingerprint density at radius 3 is 2.22 bits per heavy atom. The van der Waals surface area contributed by atoms with Gasteiger partial charge in [-0.05, 0) is 19.1 Å². The molecule has 2 rings (SSSR count). The van der Waals surface area contributed by atoms with E-state index in [1.165, 1.54) is 23.5 Å². The lowest BCUT2D eigenvalue weighted by Gasteiger charge is -2.06. The minimum atomic E-state index is -4.30. The molecule has 1 heterocycles. The molecule has 0 saturated heterocycles. The first-order valence-corrected chi connectivity index (χ1v) is 6.06. The molecule has 0 atom stereocenters. The molecule has 0 amide bonds. The average molecular weight is 272 g/mol. The molecule has 0 radical (unpaired) electrons. The maximum Gasteiger partial charge on any atom is 0.416 e. The third kappa shape index (κ3) is 2.48. The van der Waals surface area contributed by atoms with Crippen LogP contribution >= 0.6 is 11.3 Å². The van der Waals surface area contributed by atoms with Gasteiger partial charge in [-0.3, -0.25) is 0 Å². The number of alkyl halides is 3. The van der Waals surface area contributed by atoms with Gasteiger partial charge in [-0.15, -0.1) is 0 Å². The van der Waals surface area contributed by atoms with Crippen LogP contribution in [0, 0.1) is 6.92 Å². The van der Waals surface area contributed by atoms with Crippen molar-refractivity contribution in [3.8, 4) is 10.6 Å². The van der Waals surface area contributed by atoms with E-state index in [1.807, 2.05) is 6.92 Å². The highest BCUT2D eigenvalue weighted by Crippen LogP contribution is 2.34. The van der Waals surface area contributed by atoms with Crippen molar-refractivity contribution >= 4 is 16.3 Å². The van der Waals surface area contributed by atoms with Gasteiger partial charge in [0.25, 0.3) is 0 Å². The summed E-state index contributed by atoms with van der Waals surface area (Å²) in [5.74, 6) is 0. The zero-order valence-electron chi connectivity index (χ0n) is 9.80. The van der Waals surface area contributed by atoms with Crippen molar-refractivity contribution in [2.45, 2.75) is 13.1 Å². The number of rotatable bonds is 2. The SMILES string of the molecule is CNc1sc(-c2ccc(C(F)(F)F)cc2)nc1C. The van der Waals surface area contributed by atoms with E-state index < -0.39 is 11.7 Å². The van der Waals surface area contributed by atoms with E-state index in [-0.39, 0.29) is 0 Å². The molecular weight excluding hydrogens is 261 g/mol. The summed E-state index contributed by atoms with van der Waals surface area (Å²) in [6, 6.07) is 5.04. The van der Waals surface area contributed by atoms with Crippen molar-refractivity contribution in [2.75, 3.05) is 12.4 Å². The molecule has 2 nitrogen and oxygen atoms in total. The number of nitrogens with one attached hydrogen (secondary N) is 1. The molecule has 0 saturated carbocycles. The summed E-state index contributed by atoms with van der Waals surface area (Å²) in [6.07, 6.45) is -4.30. The number of halogens is 3. The molecule has 0 unspecified atom stereocenters. The van der Waals surface area contributed by atoms with Gasteiger partial charge in [0.1, 0.15) is 10.0 Å². The first-order chi connectivity index (χ1) is 8.41. The second-order valence-electron chi connectivity index (χ2n) is 3.76. The lowest BCUT2D eigenvalue weighted by Crippen LogP contribution is -2.03. The standard InChI is InChI=1S/C12H11F3N2S/c1-7-10(16-2)18-11(17-7)8-3-5-9(6-4-8)12(13,14)15/h3-6,16H,1-2H3. The highest BCUT2D eigenvalue weighted by molar-refractivity contribution is 7.19. The molecule has 0 aliphatic carbocycles. The summed E-state index contributed by atoms with van der Waals surface area (Å²) in [5.41, 5.74) is 0.892. The van der Waals surface area contributed by atoms with E-state index in [0.717, 1.165) is 22.8 Å². The smallest absolute Gasteiger partial charge is 0.378 e. The molecule has 2 aromatic rings. The summed E-state index contributed by atoms with van der Waals surface area (Å²) >= 11 is 1.42. The fourth-order valence-electron chi connectivity index (χ4n) is 1.55. The minimum Gasteiger partial charge on any atom is -0.378 e. The Hall–Kier alpha value is -1.56. The monoisotopic (exact) mass is 272 g/mol. The summed E-state index contributed by atoms with van der Waals surface area (Å²) in [6.45, 7) is 1.86. The van der Waals surface area contributed by atoms with Gasteiger partial charge < -0.3 is 5.32 Å². The van der Waals surface area contributed by atoms with Crippen molar-refractivity contribution in [3.63, 3.8) is 0 Å². The number of nitrogens with zero attached hydrogens (tertiary/aromatic N) is 1. The molecule has 0 fully saturated rings. The molecule has 0 aliphatic heterocycles. The maximum absolute atomic E-state index is 12.4. The van der Waals surface area contributed by atoms with Crippen LogP contribution < -0.4 is 5.32 Å². The van der Waals surface area contributed by atoms with Crippen LogP contribution in [0.3, 0.4) is 0 Å². The number of thiazole rings is 1. The molecule has 0 bridgehead atoms. The Morgan fingerprint density at radius 2 is 1.78 bits per heavy atom. The minimum absolute atomic E-state index is 0.645. The van der Waals surface area contributed by atoms with Crippen LogP contribution in [0.25, 0.3) is 10.6 Å². The number of benzene rings is 1. The average Bonchev–Trinajstić information content (AvgIpc) is 2.69. The zero-order valence-corrected chi connectivity index (χ0v) is 10.6. The molecule has 1 N–H and O–H groups in total. The van der Waals surface area contributed by atoms with E-state index >= 15 is 0 Å². The third-order valence-electron chi connectivity index (χ3n) is 2.48. The van der Waals surface area contributed by atoms with E-state index in [0.29, 0.717) is 10.6 Å². The fourth-order valence-corrected chi connectivity index (χ4v) is 2.48. The van der Waals surface area contributed by atoms with E-state index in [9.17, 15) is 13.2 Å². The van der Waals surface area contributed by atoms with Gasteiger partial charge in [-0.1, -0.05) is 23.5 Å². The summed E-state index contributed by atoms with van der Waals surface area (Å²) in [7, 11) is 1.79. The van der Waals surface area contributed by atoms with Gasteiger partial charge in [-0.25, -0.2) is 4.98 Å². The Morgan fingerprint density at radius 1 is 1.17 bits per heavy atom. The lowest BCUT2D eigenvalue weighted by atomic mass is 10.1. The normalized spacial score (nSPS) is 11.6. The quantitative estimate of drug-likeness (QED) is 0.887. The van der Waals surface area contributed by atoms with Gasteiger partial charge in [0, 0.05) is 12.6 Å². The van der Waals surface area contributed by atoms with Crippen molar-refractivity contribution < 1.29 is 13.2 Å². The molecule has 18 heavy (non-hydrogen) atoms. The number of anilines is 1. The second kappa shape index (κ2) is 4.61. The van der Waals surface area contributed by atoms with Crippen LogP contribution in [0.2, 0.25) is 0 Å². The molecule has 0 aliphatic rings. The first-order valence-electron chi connectivity index (χ1n) is 5.24. The molecule has 0 spiro atoms. The highest BCUT2D eigenvalue weighted by Gasteiger charge is 2.30. The zero-order chi connectivity index (χ0) is 13.3. The molecular formula is C12H11F3N2S. The van der Waals surface area contributed by atoms with Crippen LogP contribution in [0.4, 0.5) is 18.2 Å². The Kier molecular flexibility index (Phi) is 3.30. The van der Waals surface area contributed by atoms with E-state index in [1.54, 1.807) is 7.05 Å². The predicted molar refractivity (Wildman–Crippen MR) is 66.8 cm³/mol. The number of aryl methyl sites for hydroxylation is 1. The number of hydrogen-bond donors (Lipinski definition) is 1. The molecule has 1 aromatic heterocycles. The van der Waals surface area contributed by atoms with Gasteiger partial charge in [0.2, 0.25) is 0 Å². The van der Waals surface area contributed by atoms with Crippen molar-refractivity contribution in [2.24, 2.45) is 0 Å². The van der Waals surface area contributed by atoms with Crippen LogP contribution in [0.15, 0.2) is 24.3 Å². The number of hydrogen-bond acceptors (Lipinski definition) is 3. The van der Waals surface area contributed by atoms with Gasteiger partial charge in [0.05, 0.1) is 11.3 Å². The Labute approximate surface area is 106 Å². The Bertz CT molecular complexity index is 543. The van der Waals surface area contributed by atoms with Gasteiger partial charge >= 0.3 is 6.18 Å². The van der Waals surface area contributed by atoms with Crippen molar-refractivity contribution in [3.05, 3.63) is 35.5 Å². The second-order valence-corrected chi connectivity index (χ2v) is 4.76. The van der Waals surface area contributed by atoms with E-state index in [2.05, 4.69) is 10.3 Å². The first kappa shape index (κ1) is 12.9. The van der Waals surface area contributed by atoms with Gasteiger partial charge in [0.15, 0.2) is 0 Å². The molecule has 96 valence electrons. The van der Waals surface area contributed by atoms with Crippen LogP contribution in [0.5, 0.6) is 0 Å². The topological polar surface area (TPSA) is 24.9 Å². The van der Waals surface area contributed by atoms with Gasteiger partial charge in [-0.2, -0.15) is 13.2 Å². The summed E-state index contributed by atoms with van der Waals surface area (Å²) in [4.78, 5) is 4.32. The molecule has 6 heteroatoms. The number of aromatic nitrogens is 1. The molecule has 1 aromatic carbocycles. The largest absolute Gasteiger partial charge is 0.416 e. The van der Waals surface area contributed by atoms with Crippen LogP contribution in [-0.2, 0) is 6.18 Å².